The molecule has 17 heavy (non-hydrogen) atoms. The highest BCUT2D eigenvalue weighted by molar-refractivity contribution is 5.87. The summed E-state index contributed by atoms with van der Waals surface area (Å²) in [5.74, 6) is -1.10. The van der Waals surface area contributed by atoms with E-state index in [0.29, 0.717) is 18.4 Å². The maximum Gasteiger partial charge on any atom is 0.333 e. The Morgan fingerprint density at radius 3 is 2.65 bits per heavy atom. The van der Waals surface area contributed by atoms with E-state index in [1.807, 2.05) is 0 Å². The van der Waals surface area contributed by atoms with Gasteiger partial charge in [0.05, 0.1) is 0 Å². The van der Waals surface area contributed by atoms with Gasteiger partial charge in [-0.3, -0.25) is 0 Å². The van der Waals surface area contributed by atoms with Crippen molar-refractivity contribution in [3.63, 3.8) is 0 Å². The Morgan fingerprint density at radius 2 is 2.12 bits per heavy atom. The number of carbonyl (C=O) groups is 2. The van der Waals surface area contributed by atoms with Crippen LogP contribution in [0.25, 0.3) is 0 Å². The van der Waals surface area contributed by atoms with Crippen molar-refractivity contribution >= 4 is 11.9 Å². The fraction of sp³-hybridized carbons (Fsp3) is 0.500. The maximum absolute atomic E-state index is 11.4. The summed E-state index contributed by atoms with van der Waals surface area (Å²) in [7, 11) is 0. The summed E-state index contributed by atoms with van der Waals surface area (Å²) in [6, 6.07) is 0. The van der Waals surface area contributed by atoms with E-state index in [2.05, 4.69) is 13.2 Å². The minimum atomic E-state index is -0.563. The minimum absolute atomic E-state index is 0.00119. The number of esters is 2. The van der Waals surface area contributed by atoms with Crippen molar-refractivity contribution in [2.24, 2.45) is 0 Å². The zero-order valence-corrected chi connectivity index (χ0v) is 9.98. The smallest absolute Gasteiger partial charge is 0.333 e. The van der Waals surface area contributed by atoms with Gasteiger partial charge in [-0.15, -0.1) is 0 Å². The molecule has 0 aliphatic carbocycles. The van der Waals surface area contributed by atoms with Crippen molar-refractivity contribution in [3.8, 4) is 0 Å². The Morgan fingerprint density at radius 1 is 1.47 bits per heavy atom. The van der Waals surface area contributed by atoms with Gasteiger partial charge in [0.15, 0.2) is 0 Å². The van der Waals surface area contributed by atoms with Crippen LogP contribution < -0.4 is 0 Å². The summed E-state index contributed by atoms with van der Waals surface area (Å²) < 4.78 is 9.68. The SMILES string of the molecule is C=CC(=O)OCC(C)OC(=O)C(=C)CCCO. The average molecular weight is 242 g/mol. The lowest BCUT2D eigenvalue weighted by atomic mass is 10.2. The van der Waals surface area contributed by atoms with Crippen LogP contribution in [-0.4, -0.2) is 36.4 Å². The Hall–Kier alpha value is -1.62. The molecule has 0 bridgehead atoms. The van der Waals surface area contributed by atoms with E-state index in [0.717, 1.165) is 6.08 Å². The lowest BCUT2D eigenvalue weighted by Crippen LogP contribution is -2.22. The molecule has 0 spiro atoms. The van der Waals surface area contributed by atoms with E-state index < -0.39 is 18.0 Å². The fourth-order valence-electron chi connectivity index (χ4n) is 0.953. The predicted octanol–water partition coefficient (Wildman–Crippen LogP) is 0.976. The van der Waals surface area contributed by atoms with Gasteiger partial charge in [0.25, 0.3) is 0 Å². The van der Waals surface area contributed by atoms with Crippen LogP contribution in [0, 0.1) is 0 Å². The topological polar surface area (TPSA) is 72.8 Å². The van der Waals surface area contributed by atoms with Gasteiger partial charge in [-0.25, -0.2) is 9.59 Å². The summed E-state index contributed by atoms with van der Waals surface area (Å²) in [5.41, 5.74) is 0.293. The first kappa shape index (κ1) is 15.4. The first-order chi connectivity index (χ1) is 8.01. The Kier molecular flexibility index (Phi) is 7.71. The molecule has 0 radical (unpaired) electrons. The molecule has 0 saturated heterocycles. The normalized spacial score (nSPS) is 11.4. The van der Waals surface area contributed by atoms with E-state index in [4.69, 9.17) is 14.6 Å². The second-order valence-corrected chi connectivity index (χ2v) is 3.48. The molecule has 1 atom stereocenters. The average Bonchev–Trinajstić information content (AvgIpc) is 2.32. The van der Waals surface area contributed by atoms with E-state index in [1.165, 1.54) is 0 Å². The van der Waals surface area contributed by atoms with E-state index in [1.54, 1.807) is 6.92 Å². The standard InChI is InChI=1S/C12H18O5/c1-4-11(14)16-8-10(3)17-12(15)9(2)6-5-7-13/h4,10,13H,1-2,5-8H2,3H3. The number of hydrogen-bond acceptors (Lipinski definition) is 5. The Bertz CT molecular complexity index is 295. The molecule has 0 aromatic carbocycles. The second kappa shape index (κ2) is 8.52. The molecule has 0 rings (SSSR count). The lowest BCUT2D eigenvalue weighted by Gasteiger charge is -2.13. The molecular formula is C12H18O5. The number of ether oxygens (including phenoxy) is 2. The summed E-state index contributed by atoms with van der Waals surface area (Å²) >= 11 is 0. The number of rotatable bonds is 8. The van der Waals surface area contributed by atoms with Crippen LogP contribution in [0.5, 0.6) is 0 Å². The van der Waals surface area contributed by atoms with E-state index in [9.17, 15) is 9.59 Å². The third kappa shape index (κ3) is 7.30. The molecule has 0 saturated carbocycles. The molecule has 1 N–H and O–H groups in total. The van der Waals surface area contributed by atoms with Crippen molar-refractivity contribution in [1.29, 1.82) is 0 Å². The van der Waals surface area contributed by atoms with Gasteiger partial charge in [0, 0.05) is 18.3 Å². The van der Waals surface area contributed by atoms with Gasteiger partial charge >= 0.3 is 11.9 Å². The summed E-state index contributed by atoms with van der Waals surface area (Å²) in [5, 5.41) is 8.59. The summed E-state index contributed by atoms with van der Waals surface area (Å²) in [6.07, 6.45) is 1.34. The first-order valence-electron chi connectivity index (χ1n) is 5.30. The molecule has 0 aliphatic rings. The van der Waals surface area contributed by atoms with Gasteiger partial charge < -0.3 is 14.6 Å². The maximum atomic E-state index is 11.4. The quantitative estimate of drug-likeness (QED) is 0.507. The fourth-order valence-corrected chi connectivity index (χ4v) is 0.953. The number of hydrogen-bond donors (Lipinski definition) is 1. The van der Waals surface area contributed by atoms with Crippen LogP contribution in [0.2, 0.25) is 0 Å². The zero-order chi connectivity index (χ0) is 13.3. The highest BCUT2D eigenvalue weighted by Crippen LogP contribution is 2.06. The van der Waals surface area contributed by atoms with Crippen molar-refractivity contribution < 1.29 is 24.2 Å². The molecule has 0 fully saturated rings. The van der Waals surface area contributed by atoms with Gasteiger partial charge in [0.2, 0.25) is 0 Å². The summed E-state index contributed by atoms with van der Waals surface area (Å²) in [6.45, 7) is 8.37. The molecule has 0 heterocycles. The third-order valence-electron chi connectivity index (χ3n) is 1.86. The van der Waals surface area contributed by atoms with Crippen molar-refractivity contribution in [3.05, 3.63) is 24.8 Å². The van der Waals surface area contributed by atoms with Gasteiger partial charge in [-0.2, -0.15) is 0 Å². The van der Waals surface area contributed by atoms with Crippen LogP contribution in [0.4, 0.5) is 0 Å². The lowest BCUT2D eigenvalue weighted by molar-refractivity contribution is -0.152. The molecule has 0 amide bonds. The minimum Gasteiger partial charge on any atom is -0.459 e. The van der Waals surface area contributed by atoms with Gasteiger partial charge in [0.1, 0.15) is 12.7 Å². The largest absolute Gasteiger partial charge is 0.459 e. The molecule has 0 aromatic rings. The summed E-state index contributed by atoms with van der Waals surface area (Å²) in [4.78, 5) is 22.2. The van der Waals surface area contributed by atoms with Crippen LogP contribution >= 0.6 is 0 Å². The van der Waals surface area contributed by atoms with E-state index >= 15 is 0 Å². The molecule has 0 aromatic heterocycles. The monoisotopic (exact) mass is 242 g/mol. The van der Waals surface area contributed by atoms with Gasteiger partial charge in [-0.05, 0) is 19.8 Å². The Labute approximate surface area is 101 Å². The Balaban J connectivity index is 3.90. The second-order valence-electron chi connectivity index (χ2n) is 3.48. The number of aliphatic hydroxyl groups is 1. The number of carbonyl (C=O) groups excluding carboxylic acids is 2. The molecule has 5 heteroatoms. The highest BCUT2D eigenvalue weighted by Gasteiger charge is 2.13. The highest BCUT2D eigenvalue weighted by atomic mass is 16.6. The van der Waals surface area contributed by atoms with E-state index in [-0.39, 0.29) is 13.2 Å². The van der Waals surface area contributed by atoms with Crippen LogP contribution in [-0.2, 0) is 19.1 Å². The molecular weight excluding hydrogens is 224 g/mol. The van der Waals surface area contributed by atoms with Crippen LogP contribution in [0.3, 0.4) is 0 Å². The molecule has 5 nitrogen and oxygen atoms in total. The molecule has 0 aliphatic heterocycles. The van der Waals surface area contributed by atoms with Gasteiger partial charge in [-0.1, -0.05) is 13.2 Å². The van der Waals surface area contributed by atoms with Crippen molar-refractivity contribution in [1.82, 2.24) is 0 Å². The predicted molar refractivity (Wildman–Crippen MR) is 62.2 cm³/mol. The third-order valence-corrected chi connectivity index (χ3v) is 1.86. The first-order valence-corrected chi connectivity index (χ1v) is 5.30. The van der Waals surface area contributed by atoms with Crippen LogP contribution in [0.15, 0.2) is 24.8 Å². The zero-order valence-electron chi connectivity index (χ0n) is 9.98. The van der Waals surface area contributed by atoms with Crippen molar-refractivity contribution in [2.45, 2.75) is 25.9 Å². The van der Waals surface area contributed by atoms with Crippen LogP contribution in [0.1, 0.15) is 19.8 Å². The molecule has 1 unspecified atom stereocenters. The number of aliphatic hydroxyl groups excluding tert-OH is 1. The van der Waals surface area contributed by atoms with Crippen molar-refractivity contribution in [2.75, 3.05) is 13.2 Å². The molecule has 96 valence electrons.